The molecule has 9 nitrogen and oxygen atoms in total. The van der Waals surface area contributed by atoms with E-state index >= 15 is 0 Å². The Labute approximate surface area is 259 Å². The zero-order chi connectivity index (χ0) is 30.0. The molecule has 0 N–H and O–H groups in total. The lowest BCUT2D eigenvalue weighted by molar-refractivity contribution is 0.00333. The van der Waals surface area contributed by atoms with Gasteiger partial charge in [0.05, 0.1) is 81.1 Å². The lowest BCUT2D eigenvalue weighted by atomic mass is 10.0. The monoisotopic (exact) mass is 601 g/mol. The third kappa shape index (κ3) is 11.3. The molecule has 0 saturated carbocycles. The van der Waals surface area contributed by atoms with E-state index in [1.54, 1.807) is 0 Å². The first-order valence-corrected chi connectivity index (χ1v) is 15.0. The van der Waals surface area contributed by atoms with Gasteiger partial charge < -0.3 is 18.9 Å². The van der Waals surface area contributed by atoms with Crippen LogP contribution in [0.1, 0.15) is 28.7 Å². The van der Waals surface area contributed by atoms with E-state index in [1.807, 2.05) is 66.9 Å². The predicted octanol–water partition coefficient (Wildman–Crippen LogP) is 4.17. The number of nitrogens with zero attached hydrogens (tertiary/aromatic N) is 5. The summed E-state index contributed by atoms with van der Waals surface area (Å²) in [6.45, 7) is 7.95. The van der Waals surface area contributed by atoms with Crippen LogP contribution in [0.15, 0.2) is 71.9 Å². The number of hydrogen-bond donors (Lipinski definition) is 0. The lowest BCUT2D eigenvalue weighted by Crippen LogP contribution is -2.36. The number of rotatable bonds is 6. The van der Waals surface area contributed by atoms with E-state index in [0.717, 1.165) is 42.3 Å². The molecular formula is C33H39N5O4S. The number of aromatic nitrogens is 2. The Morgan fingerprint density at radius 3 is 2.02 bits per heavy atom. The first-order valence-electron chi connectivity index (χ1n) is 14.6. The molecule has 226 valence electrons. The summed E-state index contributed by atoms with van der Waals surface area (Å²) in [6.07, 6.45) is 7.52. The van der Waals surface area contributed by atoms with Crippen LogP contribution in [-0.4, -0.2) is 104 Å². The first kappa shape index (κ1) is 32.6. The first-order chi connectivity index (χ1) is 21.3. The van der Waals surface area contributed by atoms with E-state index in [1.165, 1.54) is 0 Å². The standard InChI is InChI=1S/C33H39N5O4S/c1-2-29-7-5-8-32(36-29)33(28-9-11-30(12-10-28)35-27-43)38-16-20-41-24-22-39-18-14-37(26-31-6-3-4-13-34-31)15-19-40-23-25-42-21-17-38/h1,3-13,33H,14-26H2. The maximum absolute atomic E-state index is 6.01. The van der Waals surface area contributed by atoms with Gasteiger partial charge in [0.15, 0.2) is 0 Å². The van der Waals surface area contributed by atoms with Gasteiger partial charge in [-0.05, 0) is 54.2 Å². The van der Waals surface area contributed by atoms with Crippen LogP contribution in [0.2, 0.25) is 0 Å². The third-order valence-electron chi connectivity index (χ3n) is 6.95. The summed E-state index contributed by atoms with van der Waals surface area (Å²) in [7, 11) is 0. The van der Waals surface area contributed by atoms with Crippen LogP contribution in [0.5, 0.6) is 0 Å². The van der Waals surface area contributed by atoms with Gasteiger partial charge in [0.1, 0.15) is 5.69 Å². The largest absolute Gasteiger partial charge is 0.378 e. The Kier molecular flexibility index (Phi) is 14.4. The van der Waals surface area contributed by atoms with Gasteiger partial charge >= 0.3 is 0 Å². The zero-order valence-corrected chi connectivity index (χ0v) is 25.3. The molecule has 1 unspecified atom stereocenters. The molecule has 3 aromatic rings. The molecule has 1 aliphatic heterocycles. The van der Waals surface area contributed by atoms with E-state index in [9.17, 15) is 0 Å². The highest BCUT2D eigenvalue weighted by Crippen LogP contribution is 2.29. The van der Waals surface area contributed by atoms with E-state index < -0.39 is 0 Å². The average molecular weight is 602 g/mol. The SMILES string of the molecule is C#Cc1cccc(C(c2ccc(N=C=S)cc2)N2CCOCCOCCN(Cc3ccccn3)CCOCCOCC2)n1. The van der Waals surface area contributed by atoms with Crippen LogP contribution < -0.4 is 0 Å². The summed E-state index contributed by atoms with van der Waals surface area (Å²) in [5.74, 6) is 2.66. The summed E-state index contributed by atoms with van der Waals surface area (Å²) in [6, 6.07) is 19.5. The van der Waals surface area contributed by atoms with Gasteiger partial charge in [0.2, 0.25) is 0 Å². The van der Waals surface area contributed by atoms with Crippen molar-refractivity contribution in [2.45, 2.75) is 12.6 Å². The van der Waals surface area contributed by atoms with Crippen molar-refractivity contribution in [1.82, 2.24) is 19.8 Å². The van der Waals surface area contributed by atoms with Crippen molar-refractivity contribution in [3.05, 3.63) is 89.5 Å². The Hall–Kier alpha value is -3.36. The lowest BCUT2D eigenvalue weighted by Gasteiger charge is -2.32. The van der Waals surface area contributed by atoms with Crippen LogP contribution in [-0.2, 0) is 25.5 Å². The second kappa shape index (κ2) is 19.0. The van der Waals surface area contributed by atoms with Crippen LogP contribution >= 0.6 is 12.2 Å². The molecule has 2 aromatic heterocycles. The Morgan fingerprint density at radius 2 is 1.44 bits per heavy atom. The third-order valence-corrected chi connectivity index (χ3v) is 7.04. The number of hydrogen-bond acceptors (Lipinski definition) is 10. The Balaban J connectivity index is 1.42. The molecule has 1 aromatic carbocycles. The van der Waals surface area contributed by atoms with Gasteiger partial charge in [0.25, 0.3) is 0 Å². The molecule has 1 saturated heterocycles. The highest BCUT2D eigenvalue weighted by molar-refractivity contribution is 7.78. The van der Waals surface area contributed by atoms with Gasteiger partial charge in [-0.2, -0.15) is 4.99 Å². The number of terminal acetylenes is 1. The van der Waals surface area contributed by atoms with Crippen molar-refractivity contribution in [1.29, 1.82) is 0 Å². The topological polar surface area (TPSA) is 81.5 Å². The smallest absolute Gasteiger partial charge is 0.113 e. The van der Waals surface area contributed by atoms with Gasteiger partial charge in [-0.1, -0.05) is 30.2 Å². The Bertz CT molecular complexity index is 1290. The summed E-state index contributed by atoms with van der Waals surface area (Å²) >= 11 is 4.77. The molecule has 43 heavy (non-hydrogen) atoms. The predicted molar refractivity (Wildman–Crippen MR) is 170 cm³/mol. The molecule has 0 bridgehead atoms. The van der Waals surface area contributed by atoms with Crippen LogP contribution in [0.3, 0.4) is 0 Å². The number of benzene rings is 1. The molecule has 0 spiro atoms. The molecule has 1 atom stereocenters. The maximum Gasteiger partial charge on any atom is 0.113 e. The van der Waals surface area contributed by atoms with Crippen LogP contribution in [0.4, 0.5) is 5.69 Å². The molecule has 4 rings (SSSR count). The van der Waals surface area contributed by atoms with Gasteiger partial charge in [-0.15, -0.1) is 6.42 Å². The minimum Gasteiger partial charge on any atom is -0.378 e. The highest BCUT2D eigenvalue weighted by atomic mass is 32.1. The van der Waals surface area contributed by atoms with Crippen molar-refractivity contribution in [3.63, 3.8) is 0 Å². The van der Waals surface area contributed by atoms with E-state index in [0.29, 0.717) is 71.6 Å². The van der Waals surface area contributed by atoms with Gasteiger partial charge in [-0.3, -0.25) is 14.8 Å². The quantitative estimate of drug-likeness (QED) is 0.235. The number of isothiocyanates is 1. The van der Waals surface area contributed by atoms with E-state index in [2.05, 4.69) is 30.9 Å². The molecule has 0 radical (unpaired) electrons. The van der Waals surface area contributed by atoms with Crippen molar-refractivity contribution in [2.75, 3.05) is 79.0 Å². The summed E-state index contributed by atoms with van der Waals surface area (Å²) < 4.78 is 23.8. The van der Waals surface area contributed by atoms with Gasteiger partial charge in [0, 0.05) is 38.9 Å². The highest BCUT2D eigenvalue weighted by Gasteiger charge is 2.24. The molecule has 0 amide bonds. The van der Waals surface area contributed by atoms with Crippen LogP contribution in [0, 0.1) is 12.3 Å². The fraction of sp³-hybridized carbons (Fsp3) is 0.424. The van der Waals surface area contributed by atoms with Crippen molar-refractivity contribution in [3.8, 4) is 12.3 Å². The minimum absolute atomic E-state index is 0.172. The van der Waals surface area contributed by atoms with Crippen LogP contribution in [0.25, 0.3) is 0 Å². The molecule has 10 heteroatoms. The van der Waals surface area contributed by atoms with Crippen molar-refractivity contribution < 1.29 is 18.9 Å². The molecule has 1 fully saturated rings. The fourth-order valence-electron chi connectivity index (χ4n) is 4.79. The van der Waals surface area contributed by atoms with Gasteiger partial charge in [-0.25, -0.2) is 4.98 Å². The van der Waals surface area contributed by atoms with Crippen molar-refractivity contribution in [2.24, 2.45) is 4.99 Å². The normalized spacial score (nSPS) is 17.9. The summed E-state index contributed by atoms with van der Waals surface area (Å²) in [5, 5.41) is 2.42. The molecule has 3 heterocycles. The second-order valence-electron chi connectivity index (χ2n) is 9.87. The fourth-order valence-corrected chi connectivity index (χ4v) is 4.90. The maximum atomic E-state index is 6.01. The Morgan fingerprint density at radius 1 is 0.791 bits per heavy atom. The summed E-state index contributed by atoms with van der Waals surface area (Å²) in [5.41, 5.74) is 4.26. The van der Waals surface area contributed by atoms with E-state index in [4.69, 9.17) is 42.6 Å². The summed E-state index contributed by atoms with van der Waals surface area (Å²) in [4.78, 5) is 17.9. The molecule has 0 aliphatic carbocycles. The minimum atomic E-state index is -0.172. The number of ether oxygens (including phenoxy) is 4. The van der Waals surface area contributed by atoms with E-state index in [-0.39, 0.29) is 6.04 Å². The number of pyridine rings is 2. The molecular weight excluding hydrogens is 562 g/mol. The number of aliphatic imine (C=N–C) groups is 1. The average Bonchev–Trinajstić information content (AvgIpc) is 3.04. The van der Waals surface area contributed by atoms with Crippen molar-refractivity contribution >= 4 is 23.1 Å². The second-order valence-corrected chi connectivity index (χ2v) is 10.1. The zero-order valence-electron chi connectivity index (χ0n) is 24.5. The molecule has 1 aliphatic rings. The number of thiocarbonyl (C=S) groups is 1.